The van der Waals surface area contributed by atoms with E-state index in [0.717, 1.165) is 36.9 Å². The number of Topliss-reactive ketones (excluding diaryl/α,β-unsaturated/α-hetero) is 1. The molecule has 1 heterocycles. The molecule has 0 amide bonds. The first-order chi connectivity index (χ1) is 7.84. The lowest BCUT2D eigenvalue weighted by molar-refractivity contribution is -0.252. The van der Waals surface area contributed by atoms with Gasteiger partial charge >= 0.3 is 0 Å². The molecule has 6 fully saturated rings. The number of ether oxygens (including phenoxy) is 2. The summed E-state index contributed by atoms with van der Waals surface area (Å²) in [5.74, 6) is 4.88. The molecule has 0 aromatic carbocycles. The highest BCUT2D eigenvalue weighted by Crippen LogP contribution is 2.85. The molecular formula is C13H14O3. The van der Waals surface area contributed by atoms with Crippen LogP contribution in [0, 0.1) is 47.3 Å². The molecular weight excluding hydrogens is 204 g/mol. The fraction of sp³-hybridized carbons (Fsp3) is 0.923. The zero-order chi connectivity index (χ0) is 10.2. The van der Waals surface area contributed by atoms with Gasteiger partial charge in [-0.2, -0.15) is 0 Å². The molecule has 1 aliphatic heterocycles. The number of fused-ring (bicyclic) bond motifs is 4. The summed E-state index contributed by atoms with van der Waals surface area (Å²) in [6, 6.07) is 0. The summed E-state index contributed by atoms with van der Waals surface area (Å²) in [6.07, 6.45) is 1.30. The summed E-state index contributed by atoms with van der Waals surface area (Å²) >= 11 is 0. The van der Waals surface area contributed by atoms with Crippen molar-refractivity contribution in [3.05, 3.63) is 0 Å². The highest BCUT2D eigenvalue weighted by molar-refractivity contribution is 5.91. The van der Waals surface area contributed by atoms with Gasteiger partial charge in [-0.25, -0.2) is 0 Å². The summed E-state index contributed by atoms with van der Waals surface area (Å²) in [6.45, 7) is 1.49. The van der Waals surface area contributed by atoms with Crippen molar-refractivity contribution in [3.8, 4) is 0 Å². The smallest absolute Gasteiger partial charge is 0.176 e. The Morgan fingerprint density at radius 3 is 2.62 bits per heavy atom. The van der Waals surface area contributed by atoms with Crippen molar-refractivity contribution >= 4 is 5.78 Å². The van der Waals surface area contributed by atoms with Crippen molar-refractivity contribution < 1.29 is 14.3 Å². The van der Waals surface area contributed by atoms with Crippen molar-refractivity contribution in [2.45, 2.75) is 12.2 Å². The van der Waals surface area contributed by atoms with Crippen LogP contribution in [-0.4, -0.2) is 24.8 Å². The SMILES string of the molecule is O=C1[C@@H]2[C@H]3C[C@@H]4[C@@H]5[C@@H]3[C@@H]1[C@H]5C1(OCCO1)[C@H]42. The van der Waals surface area contributed by atoms with Crippen LogP contribution in [0.15, 0.2) is 0 Å². The van der Waals surface area contributed by atoms with Gasteiger partial charge in [0.05, 0.1) is 13.2 Å². The molecule has 1 saturated heterocycles. The highest BCUT2D eigenvalue weighted by atomic mass is 16.7. The van der Waals surface area contributed by atoms with Gasteiger partial charge in [-0.3, -0.25) is 4.79 Å². The third-order valence-corrected chi connectivity index (χ3v) is 6.83. The maximum absolute atomic E-state index is 12.3. The monoisotopic (exact) mass is 218 g/mol. The van der Waals surface area contributed by atoms with E-state index in [1.54, 1.807) is 0 Å². The quantitative estimate of drug-likeness (QED) is 0.600. The summed E-state index contributed by atoms with van der Waals surface area (Å²) in [5, 5.41) is 0. The maximum Gasteiger partial charge on any atom is 0.176 e. The second-order valence-electron chi connectivity index (χ2n) is 6.64. The summed E-state index contributed by atoms with van der Waals surface area (Å²) in [5.41, 5.74) is 0. The molecule has 0 unspecified atom stereocenters. The highest BCUT2D eigenvalue weighted by Gasteiger charge is 2.89. The van der Waals surface area contributed by atoms with Crippen LogP contribution in [0.5, 0.6) is 0 Å². The zero-order valence-corrected chi connectivity index (χ0v) is 8.96. The fourth-order valence-electron chi connectivity index (χ4n) is 6.94. The molecule has 84 valence electrons. The molecule has 5 saturated carbocycles. The Kier molecular flexibility index (Phi) is 0.933. The van der Waals surface area contributed by atoms with Crippen molar-refractivity contribution in [1.29, 1.82) is 0 Å². The van der Waals surface area contributed by atoms with E-state index in [4.69, 9.17) is 9.47 Å². The van der Waals surface area contributed by atoms with Gasteiger partial charge < -0.3 is 9.47 Å². The number of carbonyl (C=O) groups is 1. The van der Waals surface area contributed by atoms with Crippen LogP contribution in [0.4, 0.5) is 0 Å². The molecule has 0 aromatic rings. The molecule has 0 aromatic heterocycles. The van der Waals surface area contributed by atoms with Gasteiger partial charge in [0.1, 0.15) is 5.78 Å². The first-order valence-corrected chi connectivity index (χ1v) is 6.66. The average Bonchev–Trinajstić information content (AvgIpc) is 2.87. The lowest BCUT2D eigenvalue weighted by Gasteiger charge is -2.49. The summed E-state index contributed by atoms with van der Waals surface area (Å²) < 4.78 is 12.1. The minimum atomic E-state index is -0.291. The Balaban J connectivity index is 1.66. The van der Waals surface area contributed by atoms with Crippen molar-refractivity contribution in [3.63, 3.8) is 0 Å². The number of ketones is 1. The van der Waals surface area contributed by atoms with Gasteiger partial charge in [-0.05, 0) is 30.1 Å². The third-order valence-electron chi connectivity index (χ3n) is 6.83. The third kappa shape index (κ3) is 0.458. The van der Waals surface area contributed by atoms with Crippen LogP contribution in [0.1, 0.15) is 6.42 Å². The van der Waals surface area contributed by atoms with Gasteiger partial charge in [0.2, 0.25) is 0 Å². The minimum absolute atomic E-state index is 0.291. The number of rotatable bonds is 0. The van der Waals surface area contributed by atoms with E-state index in [0.29, 0.717) is 29.5 Å². The van der Waals surface area contributed by atoms with Crippen LogP contribution >= 0.6 is 0 Å². The number of hydrogen-bond donors (Lipinski definition) is 0. The van der Waals surface area contributed by atoms with E-state index in [1.807, 2.05) is 0 Å². The first-order valence-electron chi connectivity index (χ1n) is 6.66. The number of hydrogen-bond acceptors (Lipinski definition) is 3. The van der Waals surface area contributed by atoms with Gasteiger partial charge in [-0.1, -0.05) is 0 Å². The van der Waals surface area contributed by atoms with Crippen LogP contribution in [0.3, 0.4) is 0 Å². The second kappa shape index (κ2) is 1.91. The Morgan fingerprint density at radius 2 is 1.81 bits per heavy atom. The van der Waals surface area contributed by atoms with E-state index in [-0.39, 0.29) is 5.79 Å². The van der Waals surface area contributed by atoms with Crippen molar-refractivity contribution in [1.82, 2.24) is 0 Å². The van der Waals surface area contributed by atoms with Gasteiger partial charge in [0.15, 0.2) is 5.79 Å². The predicted molar refractivity (Wildman–Crippen MR) is 52.2 cm³/mol. The topological polar surface area (TPSA) is 35.5 Å². The Labute approximate surface area is 93.5 Å². The Morgan fingerprint density at radius 1 is 1.00 bits per heavy atom. The number of carbonyl (C=O) groups excluding carboxylic acids is 1. The van der Waals surface area contributed by atoms with E-state index in [9.17, 15) is 4.79 Å². The van der Waals surface area contributed by atoms with E-state index >= 15 is 0 Å². The van der Waals surface area contributed by atoms with Crippen LogP contribution in [-0.2, 0) is 14.3 Å². The van der Waals surface area contributed by atoms with Gasteiger partial charge in [-0.15, -0.1) is 0 Å². The van der Waals surface area contributed by atoms with Crippen LogP contribution < -0.4 is 0 Å². The lowest BCUT2D eigenvalue weighted by Crippen LogP contribution is -2.58. The Bertz CT molecular complexity index is 438. The standard InChI is InChI=1S/C13H14O3/c14-12-8-4-3-5-7-6(4)9(12)11(7)13(10(5)8)15-1-2-16-13/h4-11H,1-3H2/t4-,5+,6+,7+,8+,9+,10+,11-/m0/s1. The molecule has 6 aliphatic rings. The molecule has 0 N–H and O–H groups in total. The molecule has 1 spiro atoms. The molecule has 5 aliphatic carbocycles. The first kappa shape index (κ1) is 7.83. The molecule has 3 nitrogen and oxygen atoms in total. The van der Waals surface area contributed by atoms with E-state index < -0.39 is 0 Å². The Hall–Kier alpha value is -0.410. The summed E-state index contributed by atoms with van der Waals surface area (Å²) in [7, 11) is 0. The van der Waals surface area contributed by atoms with E-state index in [2.05, 4.69) is 0 Å². The molecule has 16 heavy (non-hydrogen) atoms. The molecule has 8 atom stereocenters. The summed E-state index contributed by atoms with van der Waals surface area (Å²) in [4.78, 5) is 12.3. The van der Waals surface area contributed by atoms with Crippen molar-refractivity contribution in [2.75, 3.05) is 13.2 Å². The second-order valence-corrected chi connectivity index (χ2v) is 6.64. The van der Waals surface area contributed by atoms with Crippen molar-refractivity contribution in [2.24, 2.45) is 47.3 Å². The minimum Gasteiger partial charge on any atom is -0.347 e. The maximum atomic E-state index is 12.3. The van der Waals surface area contributed by atoms with Gasteiger partial charge in [0.25, 0.3) is 0 Å². The molecule has 3 heteroatoms. The average molecular weight is 218 g/mol. The van der Waals surface area contributed by atoms with Gasteiger partial charge in [0, 0.05) is 23.7 Å². The molecule has 6 rings (SSSR count). The molecule has 2 bridgehead atoms. The van der Waals surface area contributed by atoms with E-state index in [1.165, 1.54) is 6.42 Å². The predicted octanol–water partition coefficient (Wildman–Crippen LogP) is 0.686. The van der Waals surface area contributed by atoms with Crippen LogP contribution in [0.2, 0.25) is 0 Å². The van der Waals surface area contributed by atoms with Crippen LogP contribution in [0.25, 0.3) is 0 Å². The largest absolute Gasteiger partial charge is 0.347 e. The normalized spacial score (nSPS) is 69.9. The fourth-order valence-corrected chi connectivity index (χ4v) is 6.94. The zero-order valence-electron chi connectivity index (χ0n) is 8.96. The lowest BCUT2D eigenvalue weighted by atomic mass is 9.58. The molecule has 0 radical (unpaired) electrons.